The Kier molecular flexibility index (Phi) is 8.91. The van der Waals surface area contributed by atoms with Gasteiger partial charge >= 0.3 is 6.09 Å². The molecule has 0 aliphatic rings. The Balaban J connectivity index is 0.000000515. The number of carbonyl (C=O) groups is 1. The van der Waals surface area contributed by atoms with Gasteiger partial charge in [0, 0.05) is 0 Å². The van der Waals surface area contributed by atoms with Gasteiger partial charge in [-0.25, -0.2) is 4.79 Å². The van der Waals surface area contributed by atoms with Gasteiger partial charge in [-0.05, 0) is 59.9 Å². The van der Waals surface area contributed by atoms with Gasteiger partial charge < -0.3 is 15.2 Å². The first kappa shape index (κ1) is 21.4. The summed E-state index contributed by atoms with van der Waals surface area (Å²) in [7, 11) is 0. The number of nitrogens with two attached hydrogens (primary N) is 1. The van der Waals surface area contributed by atoms with Gasteiger partial charge in [-0.15, -0.1) is 0 Å². The maximum Gasteiger partial charge on any atom is 0.405 e. The molecule has 0 radical (unpaired) electrons. The van der Waals surface area contributed by atoms with Crippen molar-refractivity contribution in [1.29, 1.82) is 0 Å². The minimum absolute atomic E-state index is 0.0462. The van der Waals surface area contributed by atoms with Gasteiger partial charge in [-0.3, -0.25) is 0 Å². The Hall–Kier alpha value is -1.55. The van der Waals surface area contributed by atoms with Gasteiger partial charge in [-0.2, -0.15) is 0 Å². The molecule has 0 heterocycles. The average Bonchev–Trinajstić information content (AvgIpc) is 2.35. The fourth-order valence-corrected chi connectivity index (χ4v) is 1.95. The van der Waals surface area contributed by atoms with Crippen LogP contribution in [0.1, 0.15) is 60.5 Å². The van der Waals surface area contributed by atoms with Crippen LogP contribution in [0.15, 0.2) is 30.3 Å². The maximum absolute atomic E-state index is 10.0. The van der Waals surface area contributed by atoms with Gasteiger partial charge in [0.1, 0.15) is 5.60 Å². The highest BCUT2D eigenvalue weighted by molar-refractivity contribution is 5.65. The van der Waals surface area contributed by atoms with Crippen molar-refractivity contribution in [2.45, 2.75) is 78.6 Å². The number of carbonyl (C=O) groups excluding carboxylic acids is 1. The van der Waals surface area contributed by atoms with E-state index in [4.69, 9.17) is 10.5 Å². The van der Waals surface area contributed by atoms with Crippen molar-refractivity contribution in [3.8, 4) is 0 Å². The van der Waals surface area contributed by atoms with Crippen molar-refractivity contribution in [3.63, 3.8) is 0 Å². The number of amides is 1. The predicted molar refractivity (Wildman–Crippen MR) is 95.5 cm³/mol. The van der Waals surface area contributed by atoms with Gasteiger partial charge in [0.25, 0.3) is 0 Å². The third kappa shape index (κ3) is 13.8. The number of ether oxygens (including phenoxy) is 2. The van der Waals surface area contributed by atoms with Crippen molar-refractivity contribution >= 4 is 6.09 Å². The van der Waals surface area contributed by atoms with Gasteiger partial charge in [0.05, 0.1) is 11.7 Å². The highest BCUT2D eigenvalue weighted by atomic mass is 16.6. The number of hydrogen-bond acceptors (Lipinski definition) is 3. The lowest BCUT2D eigenvalue weighted by molar-refractivity contribution is -0.0603. The van der Waals surface area contributed by atoms with Gasteiger partial charge in [-0.1, -0.05) is 37.3 Å². The van der Waals surface area contributed by atoms with E-state index in [-0.39, 0.29) is 5.60 Å². The molecule has 0 spiro atoms. The Labute approximate surface area is 141 Å². The minimum Gasteiger partial charge on any atom is -0.444 e. The van der Waals surface area contributed by atoms with E-state index in [1.807, 2.05) is 0 Å². The van der Waals surface area contributed by atoms with Crippen molar-refractivity contribution in [3.05, 3.63) is 35.9 Å². The molecule has 1 atom stereocenters. The molecule has 0 aromatic heterocycles. The number of benzene rings is 1. The molecule has 1 aromatic carbocycles. The van der Waals surface area contributed by atoms with Crippen LogP contribution in [0.5, 0.6) is 0 Å². The maximum atomic E-state index is 10.0. The van der Waals surface area contributed by atoms with Gasteiger partial charge in [0.15, 0.2) is 0 Å². The molecule has 0 fully saturated rings. The standard InChI is InChI=1S/C14H22O.C5H11NO2/c1-5-13(15-14(2,3)4)11-12-9-7-6-8-10-12;1-5(2,3)8-4(6)7/h6-10,13H,5,11H2,1-4H3;1-3H3,(H2,6,7)/t13-;/m0./s1. The molecule has 0 unspecified atom stereocenters. The van der Waals surface area contributed by atoms with E-state index in [9.17, 15) is 4.79 Å². The molecule has 0 saturated carbocycles. The lowest BCUT2D eigenvalue weighted by atomic mass is 10.0. The summed E-state index contributed by atoms with van der Waals surface area (Å²) in [6.07, 6.45) is 1.67. The lowest BCUT2D eigenvalue weighted by Gasteiger charge is -2.27. The quantitative estimate of drug-likeness (QED) is 0.873. The topological polar surface area (TPSA) is 61.5 Å². The van der Waals surface area contributed by atoms with Crippen LogP contribution in [0.2, 0.25) is 0 Å². The number of hydrogen-bond donors (Lipinski definition) is 1. The molecule has 132 valence electrons. The zero-order chi connectivity index (χ0) is 18.1. The molecule has 1 aromatic rings. The third-order valence-electron chi connectivity index (χ3n) is 2.69. The molecule has 2 N–H and O–H groups in total. The smallest absolute Gasteiger partial charge is 0.405 e. The number of primary amides is 1. The number of rotatable bonds is 4. The summed E-state index contributed by atoms with van der Waals surface area (Å²) in [5.74, 6) is 0. The molecule has 1 rings (SSSR count). The molecule has 23 heavy (non-hydrogen) atoms. The molecule has 0 aliphatic carbocycles. The summed E-state index contributed by atoms with van der Waals surface area (Å²) < 4.78 is 10.6. The van der Waals surface area contributed by atoms with Crippen LogP contribution in [0.25, 0.3) is 0 Å². The average molecular weight is 323 g/mol. The summed E-state index contributed by atoms with van der Waals surface area (Å²) in [4.78, 5) is 10.0. The van der Waals surface area contributed by atoms with Crippen molar-refractivity contribution in [2.24, 2.45) is 5.73 Å². The molecular weight excluding hydrogens is 290 g/mol. The van der Waals surface area contributed by atoms with E-state index >= 15 is 0 Å². The Morgan fingerprint density at radius 2 is 1.57 bits per heavy atom. The van der Waals surface area contributed by atoms with E-state index < -0.39 is 11.7 Å². The first-order valence-electron chi connectivity index (χ1n) is 8.13. The third-order valence-corrected chi connectivity index (χ3v) is 2.69. The Bertz CT molecular complexity index is 444. The fourth-order valence-electron chi connectivity index (χ4n) is 1.95. The van der Waals surface area contributed by atoms with E-state index in [1.54, 1.807) is 20.8 Å². The van der Waals surface area contributed by atoms with Crippen LogP contribution >= 0.6 is 0 Å². The highest BCUT2D eigenvalue weighted by Crippen LogP contribution is 2.16. The second kappa shape index (κ2) is 9.56. The largest absolute Gasteiger partial charge is 0.444 e. The van der Waals surface area contributed by atoms with Crippen LogP contribution in [0.3, 0.4) is 0 Å². The summed E-state index contributed by atoms with van der Waals surface area (Å²) in [6.45, 7) is 13.8. The van der Waals surface area contributed by atoms with Crippen LogP contribution in [-0.2, 0) is 15.9 Å². The van der Waals surface area contributed by atoms with E-state index in [2.05, 4.69) is 62.8 Å². The second-order valence-electron chi connectivity index (χ2n) is 7.48. The highest BCUT2D eigenvalue weighted by Gasteiger charge is 2.17. The molecule has 0 aliphatic heterocycles. The van der Waals surface area contributed by atoms with Crippen molar-refractivity contribution in [1.82, 2.24) is 0 Å². The molecule has 1 amide bonds. The second-order valence-corrected chi connectivity index (χ2v) is 7.48. The first-order chi connectivity index (χ1) is 10.4. The summed E-state index contributed by atoms with van der Waals surface area (Å²) >= 11 is 0. The first-order valence-corrected chi connectivity index (χ1v) is 8.13. The monoisotopic (exact) mass is 323 g/mol. The Morgan fingerprint density at radius 3 is 1.87 bits per heavy atom. The lowest BCUT2D eigenvalue weighted by Crippen LogP contribution is -2.28. The summed E-state index contributed by atoms with van der Waals surface area (Å²) in [6, 6.07) is 10.5. The molecule has 0 saturated heterocycles. The van der Waals surface area contributed by atoms with Crippen LogP contribution in [0, 0.1) is 0 Å². The fraction of sp³-hybridized carbons (Fsp3) is 0.632. The van der Waals surface area contributed by atoms with Crippen LogP contribution < -0.4 is 5.73 Å². The summed E-state index contributed by atoms with van der Waals surface area (Å²) in [5, 5.41) is 0. The van der Waals surface area contributed by atoms with Crippen LogP contribution in [-0.4, -0.2) is 23.4 Å². The Morgan fingerprint density at radius 1 is 1.04 bits per heavy atom. The predicted octanol–water partition coefficient (Wildman–Crippen LogP) is 4.70. The van der Waals surface area contributed by atoms with Crippen molar-refractivity contribution < 1.29 is 14.3 Å². The zero-order valence-corrected chi connectivity index (χ0v) is 15.7. The van der Waals surface area contributed by atoms with Gasteiger partial charge in [0.2, 0.25) is 0 Å². The summed E-state index contributed by atoms with van der Waals surface area (Å²) in [5.41, 5.74) is 5.57. The zero-order valence-electron chi connectivity index (χ0n) is 15.7. The molecule has 4 nitrogen and oxygen atoms in total. The van der Waals surface area contributed by atoms with Crippen LogP contribution in [0.4, 0.5) is 4.79 Å². The molecule has 4 heteroatoms. The van der Waals surface area contributed by atoms with Crippen molar-refractivity contribution in [2.75, 3.05) is 0 Å². The van der Waals surface area contributed by atoms with E-state index in [0.29, 0.717) is 6.10 Å². The SMILES string of the molecule is CC(C)(C)OC(N)=O.CC[C@@H](Cc1ccccc1)OC(C)(C)C. The minimum atomic E-state index is -0.725. The van der Waals surface area contributed by atoms with E-state index in [1.165, 1.54) is 5.56 Å². The van der Waals surface area contributed by atoms with E-state index in [0.717, 1.165) is 12.8 Å². The molecular formula is C19H33NO3. The normalized spacial score (nSPS) is 12.8. The molecule has 0 bridgehead atoms.